The first-order valence-corrected chi connectivity index (χ1v) is 9.55. The number of hydrogen-bond donors (Lipinski definition) is 0. The molecule has 0 aliphatic carbocycles. The Morgan fingerprint density at radius 2 is 1.50 bits per heavy atom. The van der Waals surface area contributed by atoms with Crippen LogP contribution in [0.2, 0.25) is 0 Å². The molecule has 1 heterocycles. The second-order valence-corrected chi connectivity index (χ2v) is 8.36. The predicted molar refractivity (Wildman–Crippen MR) is 116 cm³/mol. The summed E-state index contributed by atoms with van der Waals surface area (Å²) in [6.45, 7) is 8.03. The molecule has 5 heteroatoms. The molecular weight excluding hydrogens is 349 g/mol. The molecule has 0 atom stereocenters. The zero-order valence-electron chi connectivity index (χ0n) is 17.5. The zero-order valence-corrected chi connectivity index (χ0v) is 17.5. The molecule has 0 aromatic heterocycles. The second kappa shape index (κ2) is 7.57. The summed E-state index contributed by atoms with van der Waals surface area (Å²) in [6, 6.07) is 15.5. The molecule has 0 spiro atoms. The molecule has 2 aromatic rings. The molecule has 146 valence electrons. The van der Waals surface area contributed by atoms with Crippen LogP contribution in [0.15, 0.2) is 54.6 Å². The van der Waals surface area contributed by atoms with Crippen LogP contribution in [0.4, 0.5) is 5.69 Å². The molecule has 3 rings (SSSR count). The highest BCUT2D eigenvalue weighted by atomic mass is 16.7. The smallest absolute Gasteiger partial charge is 0.399 e. The first-order valence-electron chi connectivity index (χ1n) is 9.55. The lowest BCUT2D eigenvalue weighted by molar-refractivity contribution is 0.00578. The van der Waals surface area contributed by atoms with E-state index in [0.717, 1.165) is 16.7 Å². The average molecular weight is 377 g/mol. The van der Waals surface area contributed by atoms with Crippen molar-refractivity contribution in [3.63, 3.8) is 0 Å². The van der Waals surface area contributed by atoms with Crippen LogP contribution in [0.5, 0.6) is 0 Å². The highest BCUT2D eigenvalue weighted by Crippen LogP contribution is 2.36. The van der Waals surface area contributed by atoms with Crippen molar-refractivity contribution in [1.29, 1.82) is 0 Å². The van der Waals surface area contributed by atoms with Gasteiger partial charge in [-0.3, -0.25) is 4.79 Å². The summed E-state index contributed by atoms with van der Waals surface area (Å²) in [5.41, 5.74) is 2.57. The minimum Gasteiger partial charge on any atom is -0.399 e. The van der Waals surface area contributed by atoms with Gasteiger partial charge < -0.3 is 14.2 Å². The van der Waals surface area contributed by atoms with Crippen LogP contribution in [0.25, 0.3) is 6.08 Å². The minimum atomic E-state index is -0.557. The summed E-state index contributed by atoms with van der Waals surface area (Å²) >= 11 is 0. The Labute approximate surface area is 168 Å². The van der Waals surface area contributed by atoms with Crippen LogP contribution >= 0.6 is 0 Å². The summed E-state index contributed by atoms with van der Waals surface area (Å²) in [7, 11) is 3.44. The summed E-state index contributed by atoms with van der Waals surface area (Å²) in [6.07, 6.45) is 3.44. The Kier molecular flexibility index (Phi) is 5.51. The molecule has 0 unspecified atom stereocenters. The number of anilines is 1. The van der Waals surface area contributed by atoms with Crippen LogP contribution in [0.3, 0.4) is 0 Å². The summed E-state index contributed by atoms with van der Waals surface area (Å²) in [5.74, 6) is -0.0676. The van der Waals surface area contributed by atoms with Gasteiger partial charge in [0.25, 0.3) is 0 Å². The molecule has 0 amide bonds. The van der Waals surface area contributed by atoms with E-state index >= 15 is 0 Å². The van der Waals surface area contributed by atoms with Crippen molar-refractivity contribution in [2.24, 2.45) is 0 Å². The van der Waals surface area contributed by atoms with E-state index in [-0.39, 0.29) is 5.78 Å². The maximum absolute atomic E-state index is 12.9. The molecule has 1 aliphatic rings. The van der Waals surface area contributed by atoms with Gasteiger partial charge in [0.15, 0.2) is 5.78 Å². The number of rotatable bonds is 5. The van der Waals surface area contributed by atoms with E-state index in [9.17, 15) is 4.79 Å². The van der Waals surface area contributed by atoms with Crippen LogP contribution in [-0.2, 0) is 9.31 Å². The number of carbonyl (C=O) groups is 1. The van der Waals surface area contributed by atoms with Gasteiger partial charge in [-0.1, -0.05) is 42.5 Å². The molecule has 1 aliphatic heterocycles. The molecule has 28 heavy (non-hydrogen) atoms. The molecule has 1 fully saturated rings. The number of nitrogens with zero attached hydrogens (tertiary/aromatic N) is 1. The van der Waals surface area contributed by atoms with Crippen LogP contribution in [0.1, 0.15) is 43.6 Å². The van der Waals surface area contributed by atoms with Crippen LogP contribution in [-0.4, -0.2) is 38.2 Å². The van der Waals surface area contributed by atoms with Gasteiger partial charge in [-0.25, -0.2) is 0 Å². The number of carbonyl (C=O) groups excluding carboxylic acids is 1. The van der Waals surface area contributed by atoms with E-state index in [2.05, 4.69) is 0 Å². The van der Waals surface area contributed by atoms with E-state index in [0.29, 0.717) is 5.56 Å². The monoisotopic (exact) mass is 377 g/mol. The summed E-state index contributed by atoms with van der Waals surface area (Å²) in [5, 5.41) is 0. The van der Waals surface area contributed by atoms with Crippen LogP contribution < -0.4 is 10.4 Å². The van der Waals surface area contributed by atoms with Crippen molar-refractivity contribution in [3.8, 4) is 0 Å². The molecule has 0 bridgehead atoms. The van der Waals surface area contributed by atoms with Gasteiger partial charge in [0.05, 0.1) is 11.2 Å². The van der Waals surface area contributed by atoms with Crippen molar-refractivity contribution in [2.45, 2.75) is 38.9 Å². The average Bonchev–Trinajstić information content (AvgIpc) is 2.87. The molecule has 4 nitrogen and oxygen atoms in total. The van der Waals surface area contributed by atoms with Gasteiger partial charge in [0.2, 0.25) is 0 Å². The number of benzene rings is 2. The van der Waals surface area contributed by atoms with Crippen molar-refractivity contribution >= 4 is 30.1 Å². The molecule has 2 aromatic carbocycles. The molecule has 1 saturated heterocycles. The lowest BCUT2D eigenvalue weighted by atomic mass is 9.75. The Morgan fingerprint density at radius 1 is 0.929 bits per heavy atom. The third kappa shape index (κ3) is 4.06. The van der Waals surface area contributed by atoms with Gasteiger partial charge in [-0.15, -0.1) is 0 Å². The van der Waals surface area contributed by atoms with E-state index < -0.39 is 18.3 Å². The normalized spacial score (nSPS) is 17.9. The van der Waals surface area contributed by atoms with Gasteiger partial charge in [0, 0.05) is 25.3 Å². The fourth-order valence-electron chi connectivity index (χ4n) is 3.04. The highest BCUT2D eigenvalue weighted by Gasteiger charge is 2.52. The largest absolute Gasteiger partial charge is 0.495 e. The molecule has 0 N–H and O–H groups in total. The van der Waals surface area contributed by atoms with E-state index in [1.165, 1.54) is 0 Å². The van der Waals surface area contributed by atoms with Crippen molar-refractivity contribution in [3.05, 3.63) is 65.7 Å². The highest BCUT2D eigenvalue weighted by molar-refractivity contribution is 6.63. The number of ketones is 1. The van der Waals surface area contributed by atoms with Gasteiger partial charge in [-0.2, -0.15) is 0 Å². The zero-order chi connectivity index (χ0) is 20.5. The first kappa shape index (κ1) is 20.4. The second-order valence-electron chi connectivity index (χ2n) is 8.36. The first-order chi connectivity index (χ1) is 13.1. The maximum Gasteiger partial charge on any atom is 0.495 e. The third-order valence-electron chi connectivity index (χ3n) is 5.57. The lowest BCUT2D eigenvalue weighted by Crippen LogP contribution is -2.41. The summed E-state index contributed by atoms with van der Waals surface area (Å²) < 4.78 is 12.3. The Morgan fingerprint density at radius 3 is 2.07 bits per heavy atom. The maximum atomic E-state index is 12.9. The quantitative estimate of drug-likeness (QED) is 0.449. The van der Waals surface area contributed by atoms with Crippen molar-refractivity contribution in [1.82, 2.24) is 0 Å². The lowest BCUT2D eigenvalue weighted by Gasteiger charge is -2.32. The van der Waals surface area contributed by atoms with Crippen molar-refractivity contribution < 1.29 is 14.1 Å². The fraction of sp³-hybridized carbons (Fsp3) is 0.348. The van der Waals surface area contributed by atoms with E-state index in [4.69, 9.17) is 9.31 Å². The van der Waals surface area contributed by atoms with Gasteiger partial charge >= 0.3 is 7.12 Å². The Hall–Kier alpha value is -2.37. The SMILES string of the molecule is CN(C)c1ccc(/C=C/C(=O)c2ccccc2B2OC(C)(C)C(C)(C)O2)cc1. The van der Waals surface area contributed by atoms with Gasteiger partial charge in [0.1, 0.15) is 0 Å². The van der Waals surface area contributed by atoms with Crippen LogP contribution in [0, 0.1) is 0 Å². The Balaban J connectivity index is 1.82. The number of hydrogen-bond acceptors (Lipinski definition) is 4. The van der Waals surface area contributed by atoms with Gasteiger partial charge in [-0.05, 0) is 56.9 Å². The standard InChI is InChI=1S/C23H28BNO3/c1-22(2)23(3,4)28-24(27-22)20-10-8-7-9-19(20)21(26)16-13-17-11-14-18(15-12-17)25(5)6/h7-16H,1-6H3/b16-13+. The Bertz CT molecular complexity index is 869. The van der Waals surface area contributed by atoms with E-state index in [1.54, 1.807) is 6.08 Å². The predicted octanol–water partition coefficient (Wildman–Crippen LogP) is 3.95. The summed E-state index contributed by atoms with van der Waals surface area (Å²) in [4.78, 5) is 14.9. The molecule has 0 saturated carbocycles. The van der Waals surface area contributed by atoms with E-state index in [1.807, 2.05) is 101 Å². The third-order valence-corrected chi connectivity index (χ3v) is 5.57. The topological polar surface area (TPSA) is 38.8 Å². The van der Waals surface area contributed by atoms with Crippen molar-refractivity contribution in [2.75, 3.05) is 19.0 Å². The number of allylic oxidation sites excluding steroid dienone is 1. The molecule has 0 radical (unpaired) electrons. The fourth-order valence-corrected chi connectivity index (χ4v) is 3.04. The molecular formula is C23H28BNO3. The minimum absolute atomic E-state index is 0.0676.